The molecule has 1 aliphatic heterocycles. The van der Waals surface area contributed by atoms with E-state index in [0.717, 1.165) is 0 Å². The molecule has 7 nitrogen and oxygen atoms in total. The molecule has 0 spiro atoms. The molecule has 0 unspecified atom stereocenters. The number of hydrogen-bond acceptors (Lipinski definition) is 4. The Bertz CT molecular complexity index is 716. The normalized spacial score (nSPS) is 19.6. The number of carbonyl (C=O) groups is 2. The lowest BCUT2D eigenvalue weighted by Gasteiger charge is -2.38. The van der Waals surface area contributed by atoms with Gasteiger partial charge in [0.25, 0.3) is 0 Å². The van der Waals surface area contributed by atoms with Gasteiger partial charge in [-0.3, -0.25) is 4.79 Å². The number of piperazine rings is 1. The summed E-state index contributed by atoms with van der Waals surface area (Å²) in [6.07, 6.45) is 1.27. The van der Waals surface area contributed by atoms with Crippen LogP contribution in [0.1, 0.15) is 22.8 Å². The highest BCUT2D eigenvalue weighted by molar-refractivity contribution is 7.88. The number of carboxylic acids is 1. The van der Waals surface area contributed by atoms with Gasteiger partial charge in [0.1, 0.15) is 0 Å². The zero-order valence-electron chi connectivity index (χ0n) is 13.1. The molecule has 1 aromatic carbocycles. The average Bonchev–Trinajstić information content (AvgIpc) is 2.46. The largest absolute Gasteiger partial charge is 0.478 e. The van der Waals surface area contributed by atoms with E-state index >= 15 is 0 Å². The number of carbonyl (C=O) groups excluding carboxylic acids is 1. The smallest absolute Gasteiger partial charge is 0.335 e. The minimum atomic E-state index is -3.27. The third-order valence-corrected chi connectivity index (χ3v) is 5.27. The lowest BCUT2D eigenvalue weighted by Crippen LogP contribution is -2.55. The summed E-state index contributed by atoms with van der Waals surface area (Å²) >= 11 is 0. The molecule has 1 heterocycles. The Kier molecular flexibility index (Phi) is 5.06. The first-order valence-corrected chi connectivity index (χ1v) is 9.10. The van der Waals surface area contributed by atoms with Crippen molar-refractivity contribution >= 4 is 21.9 Å². The lowest BCUT2D eigenvalue weighted by atomic mass is 10.1. The molecule has 0 aliphatic carbocycles. The molecule has 23 heavy (non-hydrogen) atoms. The predicted molar refractivity (Wildman–Crippen MR) is 84.7 cm³/mol. The third kappa shape index (κ3) is 4.29. The quantitative estimate of drug-likeness (QED) is 0.857. The van der Waals surface area contributed by atoms with Crippen LogP contribution in [0, 0.1) is 0 Å². The molecule has 0 aromatic heterocycles. The Morgan fingerprint density at radius 3 is 2.57 bits per heavy atom. The highest BCUT2D eigenvalue weighted by atomic mass is 32.2. The van der Waals surface area contributed by atoms with Crippen LogP contribution in [0.2, 0.25) is 0 Å². The van der Waals surface area contributed by atoms with Crippen molar-refractivity contribution in [1.82, 2.24) is 9.21 Å². The van der Waals surface area contributed by atoms with E-state index in [1.54, 1.807) is 24.0 Å². The molecule has 0 radical (unpaired) electrons. The molecule has 1 aromatic rings. The number of aromatic carboxylic acids is 1. The van der Waals surface area contributed by atoms with Crippen LogP contribution in [0.5, 0.6) is 0 Å². The van der Waals surface area contributed by atoms with Gasteiger partial charge in [0, 0.05) is 25.7 Å². The van der Waals surface area contributed by atoms with Gasteiger partial charge < -0.3 is 10.0 Å². The molecule has 1 amide bonds. The van der Waals surface area contributed by atoms with Gasteiger partial charge in [-0.1, -0.05) is 12.1 Å². The van der Waals surface area contributed by atoms with E-state index in [1.165, 1.54) is 22.7 Å². The van der Waals surface area contributed by atoms with E-state index in [1.807, 2.05) is 0 Å². The van der Waals surface area contributed by atoms with E-state index in [-0.39, 0.29) is 30.5 Å². The average molecular weight is 340 g/mol. The van der Waals surface area contributed by atoms with E-state index in [0.29, 0.717) is 18.7 Å². The number of hydrogen-bond donors (Lipinski definition) is 1. The van der Waals surface area contributed by atoms with Crippen LogP contribution in [-0.2, 0) is 21.2 Å². The molecule has 8 heteroatoms. The minimum absolute atomic E-state index is 0.104. The summed E-state index contributed by atoms with van der Waals surface area (Å²) in [6, 6.07) is 6.00. The van der Waals surface area contributed by atoms with Gasteiger partial charge in [-0.05, 0) is 24.6 Å². The Balaban J connectivity index is 2.03. The third-order valence-electron chi connectivity index (χ3n) is 3.87. The Hall–Kier alpha value is -1.93. The van der Waals surface area contributed by atoms with Crippen molar-refractivity contribution in [3.8, 4) is 0 Å². The van der Waals surface area contributed by atoms with Crippen LogP contribution < -0.4 is 0 Å². The van der Waals surface area contributed by atoms with Crippen molar-refractivity contribution in [2.45, 2.75) is 19.4 Å². The summed E-state index contributed by atoms with van der Waals surface area (Å²) < 4.78 is 24.7. The molecule has 1 saturated heterocycles. The Labute approximate surface area is 135 Å². The van der Waals surface area contributed by atoms with E-state index in [2.05, 4.69) is 0 Å². The second-order valence-electron chi connectivity index (χ2n) is 5.74. The fourth-order valence-electron chi connectivity index (χ4n) is 2.76. The van der Waals surface area contributed by atoms with Crippen LogP contribution in [0.15, 0.2) is 24.3 Å². The van der Waals surface area contributed by atoms with Gasteiger partial charge in [-0.15, -0.1) is 0 Å². The molecular weight excluding hydrogens is 320 g/mol. The maximum atomic E-state index is 12.4. The fraction of sp³-hybridized carbons (Fsp3) is 0.467. The van der Waals surface area contributed by atoms with E-state index < -0.39 is 16.0 Å². The molecule has 1 atom stereocenters. The number of sulfonamides is 1. The highest BCUT2D eigenvalue weighted by Crippen LogP contribution is 2.15. The van der Waals surface area contributed by atoms with Crippen LogP contribution in [0.3, 0.4) is 0 Å². The van der Waals surface area contributed by atoms with Gasteiger partial charge in [0.15, 0.2) is 0 Å². The molecule has 2 rings (SSSR count). The topological polar surface area (TPSA) is 95.0 Å². The molecule has 1 aliphatic rings. The van der Waals surface area contributed by atoms with E-state index in [4.69, 9.17) is 5.11 Å². The summed E-state index contributed by atoms with van der Waals surface area (Å²) in [4.78, 5) is 24.9. The molecule has 0 bridgehead atoms. The zero-order valence-corrected chi connectivity index (χ0v) is 13.9. The Morgan fingerprint density at radius 1 is 1.30 bits per heavy atom. The van der Waals surface area contributed by atoms with Crippen molar-refractivity contribution in [2.75, 3.05) is 25.9 Å². The number of amides is 1. The zero-order chi connectivity index (χ0) is 17.2. The molecule has 126 valence electrons. The first-order chi connectivity index (χ1) is 10.7. The van der Waals surface area contributed by atoms with Gasteiger partial charge in [0.2, 0.25) is 15.9 Å². The number of nitrogens with zero attached hydrogens (tertiary/aromatic N) is 2. The first-order valence-electron chi connectivity index (χ1n) is 7.25. The Morgan fingerprint density at radius 2 is 2.00 bits per heavy atom. The summed E-state index contributed by atoms with van der Waals surface area (Å²) in [7, 11) is -3.27. The molecule has 1 fully saturated rings. The van der Waals surface area contributed by atoms with E-state index in [9.17, 15) is 18.0 Å². The minimum Gasteiger partial charge on any atom is -0.478 e. The summed E-state index contributed by atoms with van der Waals surface area (Å²) in [6.45, 7) is 2.73. The van der Waals surface area contributed by atoms with Crippen molar-refractivity contribution in [2.24, 2.45) is 0 Å². The predicted octanol–water partition coefficient (Wildman–Crippen LogP) is 0.420. The van der Waals surface area contributed by atoms with Crippen molar-refractivity contribution in [1.29, 1.82) is 0 Å². The van der Waals surface area contributed by atoms with Crippen LogP contribution in [-0.4, -0.2) is 66.5 Å². The molecule has 0 saturated carbocycles. The monoisotopic (exact) mass is 340 g/mol. The fourth-order valence-corrected chi connectivity index (χ4v) is 3.89. The van der Waals surface area contributed by atoms with Crippen LogP contribution in [0.25, 0.3) is 0 Å². The second-order valence-corrected chi connectivity index (χ2v) is 7.68. The number of benzene rings is 1. The summed E-state index contributed by atoms with van der Waals surface area (Å²) in [5, 5.41) is 8.97. The highest BCUT2D eigenvalue weighted by Gasteiger charge is 2.31. The maximum Gasteiger partial charge on any atom is 0.335 e. The van der Waals surface area contributed by atoms with Gasteiger partial charge in [-0.2, -0.15) is 4.31 Å². The maximum absolute atomic E-state index is 12.4. The summed E-state index contributed by atoms with van der Waals surface area (Å²) in [5.41, 5.74) is 0.777. The molecule has 1 N–H and O–H groups in total. The first kappa shape index (κ1) is 17.4. The number of rotatable bonds is 4. The standard InChI is InChI=1S/C15H20N2O5S/c1-11-10-16(6-7-17(11)23(2,21)22)14(18)9-12-4-3-5-13(8-12)15(19)20/h3-5,8,11H,6-7,9-10H2,1-2H3,(H,19,20)/t11-/m0/s1. The lowest BCUT2D eigenvalue weighted by molar-refractivity contribution is -0.132. The summed E-state index contributed by atoms with van der Waals surface area (Å²) in [5.74, 6) is -1.16. The van der Waals surface area contributed by atoms with Crippen molar-refractivity contribution in [3.05, 3.63) is 35.4 Å². The van der Waals surface area contributed by atoms with Gasteiger partial charge in [0.05, 0.1) is 18.2 Å². The van der Waals surface area contributed by atoms with Gasteiger partial charge in [-0.25, -0.2) is 13.2 Å². The van der Waals surface area contributed by atoms with Crippen LogP contribution >= 0.6 is 0 Å². The van der Waals surface area contributed by atoms with Crippen molar-refractivity contribution in [3.63, 3.8) is 0 Å². The van der Waals surface area contributed by atoms with Crippen molar-refractivity contribution < 1.29 is 23.1 Å². The number of carboxylic acid groups (broad SMARTS) is 1. The molecular formula is C15H20N2O5S. The van der Waals surface area contributed by atoms with Crippen LogP contribution in [0.4, 0.5) is 0 Å². The second kappa shape index (κ2) is 6.67. The van der Waals surface area contributed by atoms with Gasteiger partial charge >= 0.3 is 5.97 Å². The SMILES string of the molecule is C[C@H]1CN(C(=O)Cc2cccc(C(=O)O)c2)CCN1S(C)(=O)=O.